The zero-order valence-corrected chi connectivity index (χ0v) is 14.4. The van der Waals surface area contributed by atoms with Gasteiger partial charge in [-0.1, -0.05) is 29.3 Å². The highest BCUT2D eigenvalue weighted by molar-refractivity contribution is 9.10. The zero-order chi connectivity index (χ0) is 15.7. The number of benzene rings is 1. The van der Waals surface area contributed by atoms with Crippen molar-refractivity contribution in [3.8, 4) is 0 Å². The highest BCUT2D eigenvalue weighted by atomic mass is 79.9. The molecule has 4 nitrogen and oxygen atoms in total. The van der Waals surface area contributed by atoms with Gasteiger partial charge in [0.2, 0.25) is 10.0 Å². The fraction of sp³-hybridized carbons (Fsp3) is 0.571. The van der Waals surface area contributed by atoms with Gasteiger partial charge in [-0.05, 0) is 36.8 Å². The second kappa shape index (κ2) is 6.32. The second-order valence-electron chi connectivity index (χ2n) is 5.66. The fourth-order valence-corrected chi connectivity index (χ4v) is 4.47. The smallest absolute Gasteiger partial charge is 0.243 e. The summed E-state index contributed by atoms with van der Waals surface area (Å²) in [5.41, 5.74) is 5.70. The van der Waals surface area contributed by atoms with Gasteiger partial charge in [0, 0.05) is 23.1 Å². The highest BCUT2D eigenvalue weighted by Gasteiger charge is 2.42. The van der Waals surface area contributed by atoms with Crippen LogP contribution >= 0.6 is 15.9 Å². The number of sulfonamides is 1. The van der Waals surface area contributed by atoms with Crippen molar-refractivity contribution in [2.24, 2.45) is 11.1 Å². The minimum Gasteiger partial charge on any atom is -0.326 e. The monoisotopic (exact) mass is 378 g/mol. The molecule has 0 aliphatic heterocycles. The first-order valence-electron chi connectivity index (χ1n) is 7.01. The van der Waals surface area contributed by atoms with Gasteiger partial charge in [0.25, 0.3) is 0 Å². The largest absolute Gasteiger partial charge is 0.326 e. The van der Waals surface area contributed by atoms with E-state index in [4.69, 9.17) is 5.73 Å². The first-order valence-corrected chi connectivity index (χ1v) is 9.29. The van der Waals surface area contributed by atoms with E-state index < -0.39 is 15.8 Å². The fourth-order valence-electron chi connectivity index (χ4n) is 2.51. The third kappa shape index (κ3) is 3.83. The molecule has 0 aromatic heterocycles. The van der Waals surface area contributed by atoms with Gasteiger partial charge in [0.15, 0.2) is 0 Å². The van der Waals surface area contributed by atoms with Crippen LogP contribution in [0.1, 0.15) is 38.2 Å². The maximum atomic E-state index is 14.2. The predicted octanol–water partition coefficient (Wildman–Crippen LogP) is 2.91. The van der Waals surface area contributed by atoms with Crippen molar-refractivity contribution in [1.29, 1.82) is 0 Å². The summed E-state index contributed by atoms with van der Waals surface area (Å²) in [4.78, 5) is -0.343. The summed E-state index contributed by atoms with van der Waals surface area (Å²) in [6.07, 6.45) is 4.06. The topological polar surface area (TPSA) is 72.2 Å². The Bertz CT molecular complexity index is 630. The van der Waals surface area contributed by atoms with E-state index in [0.717, 1.165) is 25.7 Å². The number of nitrogens with one attached hydrogen (secondary N) is 1. The molecule has 7 heteroatoms. The molecule has 1 aliphatic carbocycles. The van der Waals surface area contributed by atoms with Crippen molar-refractivity contribution >= 4 is 26.0 Å². The Morgan fingerprint density at radius 1 is 1.43 bits per heavy atom. The second-order valence-corrected chi connectivity index (χ2v) is 8.31. The molecule has 118 valence electrons. The minimum atomic E-state index is -3.87. The molecule has 0 amide bonds. The summed E-state index contributed by atoms with van der Waals surface area (Å²) in [5.74, 6) is -0.770. The maximum absolute atomic E-state index is 14.2. The lowest BCUT2D eigenvalue weighted by Crippen LogP contribution is -2.31. The molecule has 0 spiro atoms. The van der Waals surface area contributed by atoms with Crippen LogP contribution in [0.2, 0.25) is 0 Å². The van der Waals surface area contributed by atoms with Crippen LogP contribution in [0.5, 0.6) is 0 Å². The van der Waals surface area contributed by atoms with E-state index in [1.807, 2.05) is 0 Å². The van der Waals surface area contributed by atoms with Crippen LogP contribution in [0.3, 0.4) is 0 Å². The first-order chi connectivity index (χ1) is 9.83. The lowest BCUT2D eigenvalue weighted by Gasteiger charge is -2.16. The van der Waals surface area contributed by atoms with E-state index >= 15 is 0 Å². The van der Waals surface area contributed by atoms with Gasteiger partial charge in [-0.3, -0.25) is 0 Å². The zero-order valence-electron chi connectivity index (χ0n) is 12.0. The molecule has 21 heavy (non-hydrogen) atoms. The standard InChI is InChI=1S/C14H20BrFN2O2S/c1-2-3-14(4-5-14)9-18-21(19,20)12-7-11(15)6-10(8-17)13(12)16/h6-7,18H,2-5,8-9,17H2,1H3. The van der Waals surface area contributed by atoms with Crippen molar-refractivity contribution < 1.29 is 12.8 Å². The van der Waals surface area contributed by atoms with Crippen molar-refractivity contribution in [3.63, 3.8) is 0 Å². The molecule has 3 N–H and O–H groups in total. The SMILES string of the molecule is CCCC1(CNS(=O)(=O)c2cc(Br)cc(CN)c2F)CC1. The molecule has 1 aromatic rings. The lowest BCUT2D eigenvalue weighted by atomic mass is 10.0. The van der Waals surface area contributed by atoms with Gasteiger partial charge >= 0.3 is 0 Å². The number of hydrogen-bond donors (Lipinski definition) is 2. The average molecular weight is 379 g/mol. The molecule has 1 aliphatic rings. The lowest BCUT2D eigenvalue weighted by molar-refractivity contribution is 0.448. The first kappa shape index (κ1) is 16.9. The molecule has 0 radical (unpaired) electrons. The van der Waals surface area contributed by atoms with Crippen molar-refractivity contribution in [1.82, 2.24) is 4.72 Å². The summed E-state index contributed by atoms with van der Waals surface area (Å²) >= 11 is 3.19. The van der Waals surface area contributed by atoms with Crippen LogP contribution in [0.25, 0.3) is 0 Å². The van der Waals surface area contributed by atoms with Crippen LogP contribution in [0.4, 0.5) is 4.39 Å². The third-order valence-electron chi connectivity index (χ3n) is 3.96. The number of halogens is 2. The van der Waals surface area contributed by atoms with Gasteiger partial charge in [-0.15, -0.1) is 0 Å². The highest BCUT2D eigenvalue weighted by Crippen LogP contribution is 2.49. The number of hydrogen-bond acceptors (Lipinski definition) is 3. The van der Waals surface area contributed by atoms with Crippen molar-refractivity contribution in [2.75, 3.05) is 6.54 Å². The molecular weight excluding hydrogens is 359 g/mol. The Labute approximate surface area is 133 Å². The average Bonchev–Trinajstić information content (AvgIpc) is 3.19. The van der Waals surface area contributed by atoms with Crippen molar-refractivity contribution in [2.45, 2.75) is 44.0 Å². The number of rotatable bonds is 7. The van der Waals surface area contributed by atoms with E-state index in [2.05, 4.69) is 27.6 Å². The molecule has 0 atom stereocenters. The van der Waals surface area contributed by atoms with E-state index in [0.29, 0.717) is 11.0 Å². The summed E-state index contributed by atoms with van der Waals surface area (Å²) in [7, 11) is -3.87. The summed E-state index contributed by atoms with van der Waals surface area (Å²) in [5, 5.41) is 0. The van der Waals surface area contributed by atoms with E-state index in [-0.39, 0.29) is 22.4 Å². The molecule has 1 aromatic carbocycles. The molecule has 0 saturated heterocycles. The summed E-state index contributed by atoms with van der Waals surface area (Å²) < 4.78 is 41.9. The normalized spacial score (nSPS) is 17.0. The van der Waals surface area contributed by atoms with E-state index in [9.17, 15) is 12.8 Å². The molecule has 1 fully saturated rings. The van der Waals surface area contributed by atoms with Crippen LogP contribution < -0.4 is 10.5 Å². The quantitative estimate of drug-likeness (QED) is 0.765. The Kier molecular flexibility index (Phi) is 5.07. The van der Waals surface area contributed by atoms with Gasteiger partial charge < -0.3 is 5.73 Å². The molecule has 0 unspecified atom stereocenters. The van der Waals surface area contributed by atoms with E-state index in [1.54, 1.807) is 0 Å². The predicted molar refractivity (Wildman–Crippen MR) is 83.8 cm³/mol. The van der Waals surface area contributed by atoms with Gasteiger partial charge in [0.05, 0.1) is 0 Å². The van der Waals surface area contributed by atoms with Crippen LogP contribution in [0.15, 0.2) is 21.5 Å². The molecular formula is C14H20BrFN2O2S. The van der Waals surface area contributed by atoms with Crippen LogP contribution in [0, 0.1) is 11.2 Å². The molecule has 2 rings (SSSR count). The Morgan fingerprint density at radius 2 is 2.10 bits per heavy atom. The Balaban J connectivity index is 2.22. The van der Waals surface area contributed by atoms with Gasteiger partial charge in [-0.25, -0.2) is 17.5 Å². The Hall–Kier alpha value is -0.500. The summed E-state index contributed by atoms with van der Waals surface area (Å²) in [6.45, 7) is 2.40. The molecule has 0 bridgehead atoms. The maximum Gasteiger partial charge on any atom is 0.243 e. The molecule has 0 heterocycles. The minimum absolute atomic E-state index is 0.0481. The van der Waals surface area contributed by atoms with Crippen LogP contribution in [-0.2, 0) is 16.6 Å². The van der Waals surface area contributed by atoms with Gasteiger partial charge in [-0.2, -0.15) is 0 Å². The third-order valence-corrected chi connectivity index (χ3v) is 5.82. The van der Waals surface area contributed by atoms with Crippen molar-refractivity contribution in [3.05, 3.63) is 28.0 Å². The number of nitrogens with two attached hydrogens (primary N) is 1. The molecule has 1 saturated carbocycles. The Morgan fingerprint density at radius 3 is 2.62 bits per heavy atom. The van der Waals surface area contributed by atoms with E-state index in [1.165, 1.54) is 12.1 Å². The van der Waals surface area contributed by atoms with Crippen LogP contribution in [-0.4, -0.2) is 15.0 Å². The van der Waals surface area contributed by atoms with Gasteiger partial charge in [0.1, 0.15) is 10.7 Å². The summed E-state index contributed by atoms with van der Waals surface area (Å²) in [6, 6.07) is 2.77.